The predicted octanol–water partition coefficient (Wildman–Crippen LogP) is 3.49. The van der Waals surface area contributed by atoms with Crippen LogP contribution in [0.3, 0.4) is 0 Å². The van der Waals surface area contributed by atoms with Gasteiger partial charge < -0.3 is 4.42 Å². The molecule has 0 unspecified atom stereocenters. The van der Waals surface area contributed by atoms with Crippen molar-refractivity contribution in [3.8, 4) is 11.1 Å². The molecule has 6 nitrogen and oxygen atoms in total. The van der Waals surface area contributed by atoms with Gasteiger partial charge in [0.25, 0.3) is 0 Å². The van der Waals surface area contributed by atoms with E-state index < -0.39 is 5.76 Å². The number of rotatable bonds is 3. The summed E-state index contributed by atoms with van der Waals surface area (Å²) in [7, 11) is 0. The van der Waals surface area contributed by atoms with Gasteiger partial charge in [-0.1, -0.05) is 18.2 Å². The maximum absolute atomic E-state index is 13.1. The maximum atomic E-state index is 13.1. The third-order valence-electron chi connectivity index (χ3n) is 4.54. The zero-order valence-electron chi connectivity index (χ0n) is 14.0. The Bertz CT molecular complexity index is 1330. The highest BCUT2D eigenvalue weighted by Crippen LogP contribution is 2.25. The smallest absolute Gasteiger partial charge is 0.408 e. The van der Waals surface area contributed by atoms with E-state index in [1.165, 1.54) is 23.0 Å². The molecule has 2 aromatic carbocycles. The van der Waals surface area contributed by atoms with Crippen LogP contribution in [-0.2, 0) is 6.54 Å². The van der Waals surface area contributed by atoms with Crippen molar-refractivity contribution < 1.29 is 8.81 Å². The first-order valence-corrected chi connectivity index (χ1v) is 8.35. The van der Waals surface area contributed by atoms with Gasteiger partial charge in [-0.05, 0) is 53.1 Å². The van der Waals surface area contributed by atoms with Crippen LogP contribution in [0.5, 0.6) is 0 Å². The first kappa shape index (κ1) is 15.5. The average molecular weight is 360 g/mol. The topological polar surface area (TPSA) is 65.3 Å². The molecule has 0 saturated carbocycles. The van der Waals surface area contributed by atoms with Gasteiger partial charge >= 0.3 is 5.76 Å². The number of nitrogens with zero attached hydrogens (tertiary/aromatic N) is 4. The first-order valence-electron chi connectivity index (χ1n) is 8.35. The highest BCUT2D eigenvalue weighted by molar-refractivity contribution is 5.81. The van der Waals surface area contributed by atoms with Crippen molar-refractivity contribution in [1.29, 1.82) is 0 Å². The highest BCUT2D eigenvalue weighted by Gasteiger charge is 2.12. The minimum Gasteiger partial charge on any atom is -0.408 e. The molecule has 3 aromatic heterocycles. The highest BCUT2D eigenvalue weighted by atomic mass is 19.1. The van der Waals surface area contributed by atoms with Crippen molar-refractivity contribution in [2.24, 2.45) is 0 Å². The molecule has 3 heterocycles. The van der Waals surface area contributed by atoms with Gasteiger partial charge in [-0.15, -0.1) is 0 Å². The number of hydrogen-bond acceptors (Lipinski definition) is 4. The second-order valence-corrected chi connectivity index (χ2v) is 6.24. The van der Waals surface area contributed by atoms with E-state index in [1.54, 1.807) is 16.6 Å². The summed E-state index contributed by atoms with van der Waals surface area (Å²) in [6.45, 7) is 0.317. The van der Waals surface area contributed by atoms with Crippen LogP contribution in [0.4, 0.5) is 4.39 Å². The molecular formula is C20H13FN4O2. The monoisotopic (exact) mass is 360 g/mol. The van der Waals surface area contributed by atoms with E-state index in [4.69, 9.17) is 4.42 Å². The van der Waals surface area contributed by atoms with Crippen molar-refractivity contribution in [2.45, 2.75) is 6.54 Å². The number of aromatic nitrogens is 4. The number of fused-ring (bicyclic) bond motifs is 2. The number of oxazole rings is 1. The van der Waals surface area contributed by atoms with E-state index in [0.717, 1.165) is 22.3 Å². The molecule has 0 bridgehead atoms. The Balaban J connectivity index is 1.56. The van der Waals surface area contributed by atoms with Crippen molar-refractivity contribution in [3.63, 3.8) is 0 Å². The summed E-state index contributed by atoms with van der Waals surface area (Å²) in [5.74, 6) is -0.753. The standard InChI is InChI=1S/C20H13FN4O2/c21-16-4-1-13(2-5-16)11-24-17-6-3-14(9-18(17)27-20(24)26)15-7-8-25-19(10-15)22-12-23-25/h1-10,12H,11H2. The van der Waals surface area contributed by atoms with Gasteiger partial charge in [-0.3, -0.25) is 4.57 Å². The molecule has 5 rings (SSSR count). The fraction of sp³-hybridized carbons (Fsp3) is 0.0500. The summed E-state index contributed by atoms with van der Waals surface area (Å²) >= 11 is 0. The molecular weight excluding hydrogens is 347 g/mol. The van der Waals surface area contributed by atoms with Gasteiger partial charge in [0.15, 0.2) is 11.2 Å². The van der Waals surface area contributed by atoms with E-state index in [9.17, 15) is 9.18 Å². The van der Waals surface area contributed by atoms with Gasteiger partial charge in [0.2, 0.25) is 0 Å². The van der Waals surface area contributed by atoms with Gasteiger partial charge in [-0.2, -0.15) is 5.10 Å². The average Bonchev–Trinajstić information content (AvgIpc) is 3.27. The van der Waals surface area contributed by atoms with Crippen LogP contribution in [-0.4, -0.2) is 19.2 Å². The fourth-order valence-corrected chi connectivity index (χ4v) is 3.16. The summed E-state index contributed by atoms with van der Waals surface area (Å²) in [5, 5.41) is 4.08. The lowest BCUT2D eigenvalue weighted by molar-refractivity contribution is 0.517. The molecule has 27 heavy (non-hydrogen) atoms. The van der Waals surface area contributed by atoms with Gasteiger partial charge in [0.05, 0.1) is 12.1 Å². The molecule has 0 radical (unpaired) electrons. The van der Waals surface area contributed by atoms with Gasteiger partial charge in [-0.25, -0.2) is 18.7 Å². The quantitative estimate of drug-likeness (QED) is 0.494. The zero-order chi connectivity index (χ0) is 18.4. The Morgan fingerprint density at radius 3 is 2.67 bits per heavy atom. The Kier molecular flexibility index (Phi) is 3.39. The van der Waals surface area contributed by atoms with Crippen LogP contribution >= 0.6 is 0 Å². The van der Waals surface area contributed by atoms with Crippen LogP contribution in [0, 0.1) is 5.82 Å². The Labute approximate surface area is 152 Å². The minimum absolute atomic E-state index is 0.308. The second kappa shape index (κ2) is 5.91. The summed E-state index contributed by atoms with van der Waals surface area (Å²) in [4.78, 5) is 16.5. The number of benzene rings is 2. The van der Waals surface area contributed by atoms with Crippen LogP contribution < -0.4 is 5.76 Å². The van der Waals surface area contributed by atoms with E-state index in [-0.39, 0.29) is 5.82 Å². The van der Waals surface area contributed by atoms with E-state index >= 15 is 0 Å². The molecule has 0 aliphatic rings. The number of hydrogen-bond donors (Lipinski definition) is 0. The van der Waals surface area contributed by atoms with Crippen LogP contribution in [0.1, 0.15) is 5.56 Å². The minimum atomic E-state index is -0.445. The zero-order valence-corrected chi connectivity index (χ0v) is 14.0. The maximum Gasteiger partial charge on any atom is 0.420 e. The van der Waals surface area contributed by atoms with E-state index in [1.807, 2.05) is 36.5 Å². The first-order chi connectivity index (χ1) is 13.2. The van der Waals surface area contributed by atoms with Crippen molar-refractivity contribution in [3.05, 3.63) is 89.1 Å². The van der Waals surface area contributed by atoms with Gasteiger partial charge in [0, 0.05) is 6.20 Å². The molecule has 0 fully saturated rings. The Morgan fingerprint density at radius 1 is 1.00 bits per heavy atom. The third kappa shape index (κ3) is 2.69. The number of halogens is 1. The molecule has 5 aromatic rings. The summed E-state index contributed by atoms with van der Waals surface area (Å²) < 4.78 is 21.7. The molecule has 0 atom stereocenters. The van der Waals surface area contributed by atoms with Crippen molar-refractivity contribution in [2.75, 3.05) is 0 Å². The molecule has 0 saturated heterocycles. The van der Waals surface area contributed by atoms with E-state index in [0.29, 0.717) is 17.6 Å². The SMILES string of the molecule is O=c1oc2cc(-c3ccn4ncnc4c3)ccc2n1Cc1ccc(F)cc1. The van der Waals surface area contributed by atoms with Crippen LogP contribution in [0.2, 0.25) is 0 Å². The molecule has 0 amide bonds. The van der Waals surface area contributed by atoms with Crippen molar-refractivity contribution in [1.82, 2.24) is 19.2 Å². The summed E-state index contributed by atoms with van der Waals surface area (Å²) in [6.07, 6.45) is 3.33. The number of pyridine rings is 1. The third-order valence-corrected chi connectivity index (χ3v) is 4.54. The Hall–Kier alpha value is -3.74. The second-order valence-electron chi connectivity index (χ2n) is 6.24. The molecule has 0 N–H and O–H groups in total. The van der Waals surface area contributed by atoms with Crippen LogP contribution in [0.15, 0.2) is 76.3 Å². The molecule has 132 valence electrons. The Morgan fingerprint density at radius 2 is 1.81 bits per heavy atom. The lowest BCUT2D eigenvalue weighted by Crippen LogP contribution is -2.14. The van der Waals surface area contributed by atoms with Crippen molar-refractivity contribution >= 4 is 16.7 Å². The molecule has 0 spiro atoms. The summed E-state index contributed by atoms with van der Waals surface area (Å²) in [6, 6.07) is 15.5. The van der Waals surface area contributed by atoms with E-state index in [2.05, 4.69) is 10.1 Å². The lowest BCUT2D eigenvalue weighted by atomic mass is 10.1. The lowest BCUT2D eigenvalue weighted by Gasteiger charge is -2.04. The van der Waals surface area contributed by atoms with Crippen LogP contribution in [0.25, 0.3) is 27.9 Å². The normalized spacial score (nSPS) is 11.4. The molecule has 7 heteroatoms. The fourth-order valence-electron chi connectivity index (χ4n) is 3.16. The largest absolute Gasteiger partial charge is 0.420 e. The molecule has 0 aliphatic heterocycles. The molecule has 0 aliphatic carbocycles. The predicted molar refractivity (Wildman–Crippen MR) is 98.0 cm³/mol. The summed E-state index contributed by atoms with van der Waals surface area (Å²) in [5.41, 5.74) is 4.62. The van der Waals surface area contributed by atoms with Gasteiger partial charge in [0.1, 0.15) is 12.1 Å².